The van der Waals surface area contributed by atoms with Gasteiger partial charge in [0.2, 0.25) is 15.9 Å². The van der Waals surface area contributed by atoms with Gasteiger partial charge in [-0.25, -0.2) is 13.1 Å². The lowest BCUT2D eigenvalue weighted by atomic mass is 10.1. The molecule has 4 rings (SSSR count). The van der Waals surface area contributed by atoms with E-state index in [1.807, 2.05) is 0 Å². The molecule has 1 aliphatic heterocycles. The van der Waals surface area contributed by atoms with Crippen LogP contribution in [0.5, 0.6) is 5.75 Å². The Morgan fingerprint density at radius 1 is 1.06 bits per heavy atom. The minimum absolute atomic E-state index is 0.224. The number of anilines is 1. The van der Waals surface area contributed by atoms with Gasteiger partial charge in [0.05, 0.1) is 17.7 Å². The topological polar surface area (TPSA) is 111 Å². The van der Waals surface area contributed by atoms with Crippen LogP contribution < -0.4 is 15.6 Å². The van der Waals surface area contributed by atoms with Crippen LogP contribution in [0.3, 0.4) is 0 Å². The molecule has 2 heterocycles. The van der Waals surface area contributed by atoms with Gasteiger partial charge in [-0.15, -0.1) is 0 Å². The van der Waals surface area contributed by atoms with Crippen LogP contribution in [0.2, 0.25) is 0 Å². The molecule has 1 amide bonds. The molecule has 1 aliphatic rings. The smallest absolute Gasteiger partial charge is 0.267 e. The number of nitrogens with one attached hydrogen (secondary N) is 1. The zero-order valence-corrected chi connectivity index (χ0v) is 20.7. The Hall–Kier alpha value is -3.50. The first-order valence-electron chi connectivity index (χ1n) is 11.4. The fraction of sp³-hybridized carbons (Fsp3) is 0.320. The Morgan fingerprint density at radius 2 is 1.74 bits per heavy atom. The highest BCUT2D eigenvalue weighted by atomic mass is 32.2. The van der Waals surface area contributed by atoms with Crippen LogP contribution in [0.15, 0.2) is 64.3 Å². The summed E-state index contributed by atoms with van der Waals surface area (Å²) in [5.41, 5.74) is 1.70. The number of methoxy groups -OCH3 is 1. The van der Waals surface area contributed by atoms with Crippen molar-refractivity contribution in [3.05, 3.63) is 70.5 Å². The van der Waals surface area contributed by atoms with Crippen molar-refractivity contribution in [2.24, 2.45) is 0 Å². The number of rotatable bonds is 7. The van der Waals surface area contributed by atoms with Gasteiger partial charge in [0.15, 0.2) is 0 Å². The summed E-state index contributed by atoms with van der Waals surface area (Å²) >= 11 is 0. The monoisotopic (exact) mass is 496 g/mol. The number of hydrogen-bond acceptors (Lipinski definition) is 6. The molecule has 0 saturated carbocycles. The molecule has 1 aromatic heterocycles. The predicted molar refractivity (Wildman–Crippen MR) is 133 cm³/mol. The summed E-state index contributed by atoms with van der Waals surface area (Å²) in [6, 6.07) is 13.9. The molecule has 0 radical (unpaired) electrons. The third kappa shape index (κ3) is 5.13. The van der Waals surface area contributed by atoms with Crippen molar-refractivity contribution in [1.29, 1.82) is 0 Å². The summed E-state index contributed by atoms with van der Waals surface area (Å²) in [7, 11) is -2.07. The molecule has 1 atom stereocenters. The Morgan fingerprint density at radius 3 is 2.40 bits per heavy atom. The van der Waals surface area contributed by atoms with E-state index in [4.69, 9.17) is 4.74 Å². The van der Waals surface area contributed by atoms with E-state index in [-0.39, 0.29) is 4.90 Å². The standard InChI is InChI=1S/C25H28N4O5S/c1-17-6-7-19(16-23(17)35(32,33)28-14-4-5-15-28)22-12-13-24(30)29(27-22)18(2)25(31)26-20-8-10-21(34-3)11-9-20/h6-13,16,18H,4-5,14-15H2,1-3H3,(H,26,31)/t18-/m1/s1. The fourth-order valence-electron chi connectivity index (χ4n) is 3.99. The maximum Gasteiger partial charge on any atom is 0.267 e. The van der Waals surface area contributed by atoms with Crippen molar-refractivity contribution in [1.82, 2.24) is 14.1 Å². The summed E-state index contributed by atoms with van der Waals surface area (Å²) in [5, 5.41) is 7.16. The quantitative estimate of drug-likeness (QED) is 0.538. The zero-order valence-electron chi connectivity index (χ0n) is 19.9. The van der Waals surface area contributed by atoms with Crippen molar-refractivity contribution in [2.45, 2.75) is 37.6 Å². The van der Waals surface area contributed by atoms with Gasteiger partial charge in [-0.05, 0) is 68.7 Å². The van der Waals surface area contributed by atoms with E-state index in [0.717, 1.165) is 17.5 Å². The van der Waals surface area contributed by atoms with Crippen LogP contribution in [-0.2, 0) is 14.8 Å². The van der Waals surface area contributed by atoms with Crippen LogP contribution >= 0.6 is 0 Å². The largest absolute Gasteiger partial charge is 0.497 e. The van der Waals surface area contributed by atoms with E-state index in [9.17, 15) is 18.0 Å². The third-order valence-corrected chi connectivity index (χ3v) is 8.14. The van der Waals surface area contributed by atoms with Crippen molar-refractivity contribution in [3.8, 4) is 17.0 Å². The number of aromatic nitrogens is 2. The lowest BCUT2D eigenvalue weighted by molar-refractivity contribution is -0.119. The summed E-state index contributed by atoms with van der Waals surface area (Å²) in [5.74, 6) is 0.244. The second kappa shape index (κ2) is 10.0. The van der Waals surface area contributed by atoms with Gasteiger partial charge in [-0.2, -0.15) is 9.40 Å². The zero-order chi connectivity index (χ0) is 25.2. The highest BCUT2D eigenvalue weighted by Gasteiger charge is 2.29. The molecule has 0 unspecified atom stereocenters. The maximum atomic E-state index is 13.2. The van der Waals surface area contributed by atoms with Gasteiger partial charge in [0, 0.05) is 30.4 Å². The van der Waals surface area contributed by atoms with Gasteiger partial charge in [-0.3, -0.25) is 9.59 Å². The molecule has 184 valence electrons. The molecule has 1 saturated heterocycles. The Labute approximate surface area is 204 Å². The summed E-state index contributed by atoms with van der Waals surface area (Å²) in [6.07, 6.45) is 1.70. The van der Waals surface area contributed by atoms with Gasteiger partial charge in [0.1, 0.15) is 11.8 Å². The number of sulfonamides is 1. The number of carbonyl (C=O) groups excluding carboxylic acids is 1. The number of aryl methyl sites for hydroxylation is 1. The molecule has 2 aromatic carbocycles. The summed E-state index contributed by atoms with van der Waals surface area (Å²) in [4.78, 5) is 25.6. The first kappa shape index (κ1) is 24.6. The molecule has 3 aromatic rings. The van der Waals surface area contributed by atoms with E-state index in [1.165, 1.54) is 16.4 Å². The highest BCUT2D eigenvalue weighted by Crippen LogP contribution is 2.28. The van der Waals surface area contributed by atoms with Gasteiger partial charge >= 0.3 is 0 Å². The van der Waals surface area contributed by atoms with Crippen molar-refractivity contribution < 1.29 is 17.9 Å². The molecule has 1 fully saturated rings. The summed E-state index contributed by atoms with van der Waals surface area (Å²) < 4.78 is 34.0. The van der Waals surface area contributed by atoms with Crippen LogP contribution in [0.1, 0.15) is 31.4 Å². The fourth-order valence-corrected chi connectivity index (χ4v) is 5.76. The summed E-state index contributed by atoms with van der Waals surface area (Å²) in [6.45, 7) is 4.36. The van der Waals surface area contributed by atoms with Gasteiger partial charge in [-0.1, -0.05) is 12.1 Å². The highest BCUT2D eigenvalue weighted by molar-refractivity contribution is 7.89. The minimum Gasteiger partial charge on any atom is -0.497 e. The lowest BCUT2D eigenvalue weighted by Gasteiger charge is -2.18. The molecule has 9 nitrogen and oxygen atoms in total. The number of carbonyl (C=O) groups is 1. The normalized spacial score (nSPS) is 15.1. The molecule has 0 aliphatic carbocycles. The molecule has 0 spiro atoms. The Kier molecular flexibility index (Phi) is 7.04. The average Bonchev–Trinajstić information content (AvgIpc) is 3.41. The lowest BCUT2D eigenvalue weighted by Crippen LogP contribution is -2.33. The molecule has 10 heteroatoms. The van der Waals surface area contributed by atoms with Gasteiger partial charge in [0.25, 0.3) is 5.56 Å². The van der Waals surface area contributed by atoms with E-state index in [0.29, 0.717) is 41.3 Å². The number of ether oxygens (including phenoxy) is 1. The van der Waals surface area contributed by atoms with Crippen molar-refractivity contribution in [2.75, 3.05) is 25.5 Å². The van der Waals surface area contributed by atoms with Crippen LogP contribution in [0.25, 0.3) is 11.3 Å². The Bertz CT molecular complexity index is 1390. The second-order valence-electron chi connectivity index (χ2n) is 8.49. The molecular formula is C25H28N4O5S. The van der Waals surface area contributed by atoms with Crippen LogP contribution in [-0.4, -0.2) is 48.6 Å². The first-order chi connectivity index (χ1) is 16.7. The molecule has 1 N–H and O–H groups in total. The van der Waals surface area contributed by atoms with Crippen LogP contribution in [0.4, 0.5) is 5.69 Å². The van der Waals surface area contributed by atoms with E-state index in [1.54, 1.807) is 63.4 Å². The van der Waals surface area contributed by atoms with E-state index >= 15 is 0 Å². The predicted octanol–water partition coefficient (Wildman–Crippen LogP) is 3.21. The van der Waals surface area contributed by atoms with E-state index in [2.05, 4.69) is 10.4 Å². The molecule has 0 bridgehead atoms. The molecular weight excluding hydrogens is 468 g/mol. The minimum atomic E-state index is -3.62. The van der Waals surface area contributed by atoms with Crippen molar-refractivity contribution in [3.63, 3.8) is 0 Å². The first-order valence-corrected chi connectivity index (χ1v) is 12.8. The number of nitrogens with zero attached hydrogens (tertiary/aromatic N) is 3. The number of hydrogen-bond donors (Lipinski definition) is 1. The number of benzene rings is 2. The average molecular weight is 497 g/mol. The Balaban J connectivity index is 1.62. The van der Waals surface area contributed by atoms with Crippen molar-refractivity contribution >= 4 is 21.6 Å². The molecule has 35 heavy (non-hydrogen) atoms. The third-order valence-electron chi connectivity index (χ3n) is 6.10. The van der Waals surface area contributed by atoms with Gasteiger partial charge < -0.3 is 10.1 Å². The SMILES string of the molecule is COc1ccc(NC(=O)[C@@H](C)n2nc(-c3ccc(C)c(S(=O)(=O)N4CCCC4)c3)ccc2=O)cc1. The second-order valence-corrected chi connectivity index (χ2v) is 10.4. The number of amides is 1. The maximum absolute atomic E-state index is 13.2. The van der Waals surface area contributed by atoms with Crippen LogP contribution in [0, 0.1) is 6.92 Å². The van der Waals surface area contributed by atoms with E-state index < -0.39 is 27.5 Å².